The minimum absolute atomic E-state index is 0.328. The van der Waals surface area contributed by atoms with Gasteiger partial charge in [0.1, 0.15) is 0 Å². The fourth-order valence-corrected chi connectivity index (χ4v) is 4.73. The molecule has 0 amide bonds. The first kappa shape index (κ1) is 11.3. The van der Waals surface area contributed by atoms with E-state index in [-0.39, 0.29) is 0 Å². The molecule has 0 N–H and O–H groups in total. The molecule has 16 heavy (non-hydrogen) atoms. The van der Waals surface area contributed by atoms with Crippen LogP contribution in [0.4, 0.5) is 0 Å². The van der Waals surface area contributed by atoms with Gasteiger partial charge in [-0.2, -0.15) is 0 Å². The number of fused-ring (bicyclic) bond motifs is 2. The third kappa shape index (κ3) is 2.01. The Morgan fingerprint density at radius 1 is 1.25 bits per heavy atom. The summed E-state index contributed by atoms with van der Waals surface area (Å²) in [6.07, 6.45) is 9.86. The zero-order chi connectivity index (χ0) is 11.0. The molecule has 0 aromatic rings. The lowest BCUT2D eigenvalue weighted by molar-refractivity contribution is -0.0128. The molecule has 1 nitrogen and oxygen atoms in total. The van der Waals surface area contributed by atoms with Crippen molar-refractivity contribution in [1.29, 1.82) is 0 Å². The Balaban J connectivity index is 1.63. The second-order valence-electron chi connectivity index (χ2n) is 6.43. The molecule has 0 aromatic carbocycles. The highest BCUT2D eigenvalue weighted by Crippen LogP contribution is 2.53. The maximum atomic E-state index is 6.24. The molecule has 1 saturated heterocycles. The summed E-state index contributed by atoms with van der Waals surface area (Å²) in [5, 5.41) is 0. The number of ether oxygens (including phenoxy) is 1. The Kier molecular flexibility index (Phi) is 3.19. The standard InChI is InChI=1S/C14H23ClO/c15-9-14(4-1-5-16-10-14)8-13-7-11-2-3-12(13)6-11/h11-13H,1-10H2. The molecule has 92 valence electrons. The molecular formula is C14H23ClO. The molecule has 1 heterocycles. The van der Waals surface area contributed by atoms with Crippen LogP contribution in [0.15, 0.2) is 0 Å². The summed E-state index contributed by atoms with van der Waals surface area (Å²) in [5.41, 5.74) is 0.328. The third-order valence-electron chi connectivity index (χ3n) is 5.27. The van der Waals surface area contributed by atoms with Crippen molar-refractivity contribution in [1.82, 2.24) is 0 Å². The monoisotopic (exact) mass is 242 g/mol. The molecule has 3 fully saturated rings. The second-order valence-corrected chi connectivity index (χ2v) is 6.70. The maximum absolute atomic E-state index is 6.24. The van der Waals surface area contributed by atoms with E-state index in [2.05, 4.69) is 0 Å². The lowest BCUT2D eigenvalue weighted by Gasteiger charge is -2.39. The first-order valence-electron chi connectivity index (χ1n) is 6.95. The lowest BCUT2D eigenvalue weighted by Crippen LogP contribution is -2.36. The molecule has 0 spiro atoms. The lowest BCUT2D eigenvalue weighted by atomic mass is 9.72. The van der Waals surface area contributed by atoms with E-state index >= 15 is 0 Å². The minimum atomic E-state index is 0.328. The Morgan fingerprint density at radius 2 is 2.19 bits per heavy atom. The first-order chi connectivity index (χ1) is 7.81. The molecule has 3 rings (SSSR count). The fourth-order valence-electron chi connectivity index (χ4n) is 4.41. The molecular weight excluding hydrogens is 220 g/mol. The second kappa shape index (κ2) is 4.49. The Morgan fingerprint density at radius 3 is 2.75 bits per heavy atom. The number of alkyl halides is 1. The molecule has 4 unspecified atom stereocenters. The highest BCUT2D eigenvalue weighted by molar-refractivity contribution is 6.18. The van der Waals surface area contributed by atoms with Gasteiger partial charge in [-0.3, -0.25) is 0 Å². The van der Waals surface area contributed by atoms with E-state index in [0.29, 0.717) is 5.41 Å². The van der Waals surface area contributed by atoms with E-state index in [9.17, 15) is 0 Å². The van der Waals surface area contributed by atoms with Gasteiger partial charge < -0.3 is 4.74 Å². The van der Waals surface area contributed by atoms with Crippen molar-refractivity contribution >= 4 is 11.6 Å². The van der Waals surface area contributed by atoms with Crippen molar-refractivity contribution < 1.29 is 4.74 Å². The van der Waals surface area contributed by atoms with Crippen molar-refractivity contribution in [2.45, 2.75) is 44.9 Å². The number of hydrogen-bond acceptors (Lipinski definition) is 1. The van der Waals surface area contributed by atoms with Crippen LogP contribution in [-0.2, 0) is 4.74 Å². The van der Waals surface area contributed by atoms with Gasteiger partial charge >= 0.3 is 0 Å². The Labute approximate surface area is 104 Å². The molecule has 4 atom stereocenters. The smallest absolute Gasteiger partial charge is 0.0533 e. The van der Waals surface area contributed by atoms with Crippen LogP contribution in [0.2, 0.25) is 0 Å². The average Bonchev–Trinajstić information content (AvgIpc) is 2.92. The minimum Gasteiger partial charge on any atom is -0.381 e. The number of rotatable bonds is 3. The molecule has 2 saturated carbocycles. The summed E-state index contributed by atoms with van der Waals surface area (Å²) in [7, 11) is 0. The van der Waals surface area contributed by atoms with Gasteiger partial charge in [-0.05, 0) is 56.3 Å². The van der Waals surface area contributed by atoms with E-state index in [4.69, 9.17) is 16.3 Å². The largest absolute Gasteiger partial charge is 0.381 e. The predicted molar refractivity (Wildman–Crippen MR) is 66.8 cm³/mol. The van der Waals surface area contributed by atoms with Crippen LogP contribution in [0.1, 0.15) is 44.9 Å². The van der Waals surface area contributed by atoms with Crippen molar-refractivity contribution in [3.8, 4) is 0 Å². The molecule has 2 aliphatic carbocycles. The SMILES string of the molecule is ClCC1(CC2CC3CCC2C3)CCCOC1. The van der Waals surface area contributed by atoms with E-state index in [1.165, 1.54) is 44.9 Å². The van der Waals surface area contributed by atoms with Gasteiger partial charge in [-0.25, -0.2) is 0 Å². The summed E-state index contributed by atoms with van der Waals surface area (Å²) in [6.45, 7) is 1.87. The van der Waals surface area contributed by atoms with E-state index in [1.807, 2.05) is 0 Å². The molecule has 0 aromatic heterocycles. The predicted octanol–water partition coefficient (Wildman–Crippen LogP) is 3.85. The van der Waals surface area contributed by atoms with Crippen molar-refractivity contribution in [3.05, 3.63) is 0 Å². The van der Waals surface area contributed by atoms with Gasteiger partial charge in [-0.15, -0.1) is 11.6 Å². The van der Waals surface area contributed by atoms with Gasteiger partial charge in [0.05, 0.1) is 6.61 Å². The Hall–Kier alpha value is 0.250. The first-order valence-corrected chi connectivity index (χ1v) is 7.48. The van der Waals surface area contributed by atoms with Crippen LogP contribution in [0.3, 0.4) is 0 Å². The highest BCUT2D eigenvalue weighted by atomic mass is 35.5. The summed E-state index contributed by atoms with van der Waals surface area (Å²) in [4.78, 5) is 0. The van der Waals surface area contributed by atoms with Gasteiger partial charge in [0.15, 0.2) is 0 Å². The van der Waals surface area contributed by atoms with Gasteiger partial charge in [0.25, 0.3) is 0 Å². The van der Waals surface area contributed by atoms with Crippen molar-refractivity contribution in [2.75, 3.05) is 19.1 Å². The zero-order valence-corrected chi connectivity index (χ0v) is 10.8. The fraction of sp³-hybridized carbons (Fsp3) is 1.00. The van der Waals surface area contributed by atoms with E-state index in [1.54, 1.807) is 0 Å². The molecule has 2 heteroatoms. The summed E-state index contributed by atoms with van der Waals surface area (Å²) >= 11 is 6.24. The summed E-state index contributed by atoms with van der Waals surface area (Å²) in [5.74, 6) is 3.87. The van der Waals surface area contributed by atoms with E-state index < -0.39 is 0 Å². The van der Waals surface area contributed by atoms with Crippen LogP contribution < -0.4 is 0 Å². The van der Waals surface area contributed by atoms with Crippen LogP contribution in [0, 0.1) is 23.2 Å². The van der Waals surface area contributed by atoms with Gasteiger partial charge in [-0.1, -0.05) is 6.42 Å². The highest BCUT2D eigenvalue weighted by Gasteiger charge is 2.44. The van der Waals surface area contributed by atoms with Crippen molar-refractivity contribution in [2.24, 2.45) is 23.2 Å². The maximum Gasteiger partial charge on any atom is 0.0533 e. The number of halogens is 1. The van der Waals surface area contributed by atoms with Crippen LogP contribution in [0.5, 0.6) is 0 Å². The van der Waals surface area contributed by atoms with Crippen LogP contribution in [-0.4, -0.2) is 19.1 Å². The third-order valence-corrected chi connectivity index (χ3v) is 5.83. The van der Waals surface area contributed by atoms with Crippen LogP contribution in [0.25, 0.3) is 0 Å². The molecule has 1 aliphatic heterocycles. The van der Waals surface area contributed by atoms with E-state index in [0.717, 1.165) is 36.8 Å². The molecule has 3 aliphatic rings. The average molecular weight is 243 g/mol. The number of hydrogen-bond donors (Lipinski definition) is 0. The normalized spacial score (nSPS) is 47.4. The van der Waals surface area contributed by atoms with Crippen LogP contribution >= 0.6 is 11.6 Å². The van der Waals surface area contributed by atoms with Gasteiger partial charge in [0.2, 0.25) is 0 Å². The Bertz CT molecular complexity index is 247. The van der Waals surface area contributed by atoms with Crippen molar-refractivity contribution in [3.63, 3.8) is 0 Å². The zero-order valence-electron chi connectivity index (χ0n) is 10.1. The summed E-state index contributed by atoms with van der Waals surface area (Å²) in [6, 6.07) is 0. The molecule has 2 bridgehead atoms. The topological polar surface area (TPSA) is 9.23 Å². The molecule has 0 radical (unpaired) electrons. The van der Waals surface area contributed by atoms with Gasteiger partial charge in [0, 0.05) is 17.9 Å². The quantitative estimate of drug-likeness (QED) is 0.684. The summed E-state index contributed by atoms with van der Waals surface area (Å²) < 4.78 is 5.68.